The van der Waals surface area contributed by atoms with Gasteiger partial charge in [0.2, 0.25) is 11.9 Å². The van der Waals surface area contributed by atoms with Crippen LogP contribution in [0.1, 0.15) is 20.8 Å². The predicted octanol–water partition coefficient (Wildman–Crippen LogP) is 3.92. The molecule has 2 aromatic carbocycles. The van der Waals surface area contributed by atoms with E-state index in [4.69, 9.17) is 0 Å². The summed E-state index contributed by atoms with van der Waals surface area (Å²) in [4.78, 5) is 31.2. The lowest BCUT2D eigenvalue weighted by atomic mass is 10.2. The van der Waals surface area contributed by atoms with Crippen LogP contribution in [0.5, 0.6) is 0 Å². The number of amides is 3. The van der Waals surface area contributed by atoms with Gasteiger partial charge in [-0.3, -0.25) is 14.7 Å². The van der Waals surface area contributed by atoms with E-state index in [9.17, 15) is 9.59 Å². The van der Waals surface area contributed by atoms with Crippen molar-refractivity contribution in [2.75, 3.05) is 18.4 Å². The maximum Gasteiger partial charge on any atom is 0.318 e. The Morgan fingerprint density at radius 1 is 1.03 bits per heavy atom. The third-order valence-electron chi connectivity index (χ3n) is 4.59. The zero-order chi connectivity index (χ0) is 21.5. The molecule has 1 aromatic heterocycles. The van der Waals surface area contributed by atoms with Crippen molar-refractivity contribution in [2.45, 2.75) is 26.8 Å². The van der Waals surface area contributed by atoms with Crippen molar-refractivity contribution in [1.29, 1.82) is 0 Å². The number of aromatic nitrogens is 2. The number of benzene rings is 2. The average molecular weight is 406 g/mol. The van der Waals surface area contributed by atoms with Crippen LogP contribution in [-0.2, 0) is 4.79 Å². The standard InChI is InChI=1S/C23H27N5O2/c1-4-24-23(30)27(17(2)3)16-21(29)26-22-25-20(18-11-7-5-8-12-18)15-28(22)19-13-9-6-10-14-19/h5-15,17H,4,16H2,1-3H3,(H,24,30)(H,25,26,29). The molecule has 3 aromatic rings. The first-order chi connectivity index (χ1) is 14.5. The molecule has 0 bridgehead atoms. The van der Waals surface area contributed by atoms with E-state index in [1.165, 1.54) is 4.90 Å². The lowest BCUT2D eigenvalue weighted by molar-refractivity contribution is -0.117. The van der Waals surface area contributed by atoms with E-state index in [1.807, 2.05) is 92.2 Å². The van der Waals surface area contributed by atoms with Crippen LogP contribution in [0.3, 0.4) is 0 Å². The molecule has 1 heterocycles. The van der Waals surface area contributed by atoms with Gasteiger partial charge in [-0.2, -0.15) is 0 Å². The topological polar surface area (TPSA) is 79.3 Å². The van der Waals surface area contributed by atoms with E-state index in [0.717, 1.165) is 16.9 Å². The number of imidazole rings is 1. The highest BCUT2D eigenvalue weighted by molar-refractivity contribution is 5.93. The summed E-state index contributed by atoms with van der Waals surface area (Å²) in [6.07, 6.45) is 1.89. The molecular weight excluding hydrogens is 378 g/mol. The maximum absolute atomic E-state index is 12.8. The molecule has 0 spiro atoms. The smallest absolute Gasteiger partial charge is 0.318 e. The lowest BCUT2D eigenvalue weighted by Crippen LogP contribution is -2.47. The van der Waals surface area contributed by atoms with Gasteiger partial charge < -0.3 is 10.2 Å². The highest BCUT2D eigenvalue weighted by Gasteiger charge is 2.21. The summed E-state index contributed by atoms with van der Waals surface area (Å²) in [5.74, 6) is 0.0991. The zero-order valence-electron chi connectivity index (χ0n) is 17.5. The van der Waals surface area contributed by atoms with Crippen LogP contribution in [0.4, 0.5) is 10.7 Å². The molecule has 0 fully saturated rings. The Morgan fingerprint density at radius 2 is 1.67 bits per heavy atom. The van der Waals surface area contributed by atoms with Crippen molar-refractivity contribution in [3.05, 3.63) is 66.9 Å². The Kier molecular flexibility index (Phi) is 6.85. The first kappa shape index (κ1) is 21.1. The molecule has 0 saturated heterocycles. The lowest BCUT2D eigenvalue weighted by Gasteiger charge is -2.26. The zero-order valence-corrected chi connectivity index (χ0v) is 17.5. The van der Waals surface area contributed by atoms with Crippen LogP contribution in [0.2, 0.25) is 0 Å². The average Bonchev–Trinajstić information content (AvgIpc) is 3.17. The van der Waals surface area contributed by atoms with E-state index in [0.29, 0.717) is 12.5 Å². The molecule has 7 nitrogen and oxygen atoms in total. The fraction of sp³-hybridized carbons (Fsp3) is 0.261. The summed E-state index contributed by atoms with van der Waals surface area (Å²) in [5.41, 5.74) is 2.58. The molecular formula is C23H27N5O2. The summed E-state index contributed by atoms with van der Waals surface area (Å²) in [6, 6.07) is 19.1. The number of nitrogens with one attached hydrogen (secondary N) is 2. The summed E-state index contributed by atoms with van der Waals surface area (Å²) in [7, 11) is 0. The fourth-order valence-corrected chi connectivity index (χ4v) is 3.06. The van der Waals surface area contributed by atoms with Gasteiger partial charge in [0.05, 0.1) is 5.69 Å². The van der Waals surface area contributed by atoms with Gasteiger partial charge in [0.1, 0.15) is 6.54 Å². The molecule has 0 unspecified atom stereocenters. The molecule has 2 N–H and O–H groups in total. The summed E-state index contributed by atoms with van der Waals surface area (Å²) in [5, 5.41) is 5.62. The van der Waals surface area contributed by atoms with Crippen molar-refractivity contribution in [3.8, 4) is 16.9 Å². The minimum absolute atomic E-state index is 0.0637. The number of anilines is 1. The minimum Gasteiger partial charge on any atom is -0.338 e. The second-order valence-corrected chi connectivity index (χ2v) is 7.13. The Balaban J connectivity index is 1.88. The van der Waals surface area contributed by atoms with Crippen LogP contribution < -0.4 is 10.6 Å². The van der Waals surface area contributed by atoms with Gasteiger partial charge in [0.25, 0.3) is 0 Å². The van der Waals surface area contributed by atoms with Crippen LogP contribution in [0, 0.1) is 0 Å². The van der Waals surface area contributed by atoms with E-state index < -0.39 is 0 Å². The maximum atomic E-state index is 12.8. The number of hydrogen-bond donors (Lipinski definition) is 2. The third-order valence-corrected chi connectivity index (χ3v) is 4.59. The fourth-order valence-electron chi connectivity index (χ4n) is 3.06. The van der Waals surface area contributed by atoms with Crippen LogP contribution >= 0.6 is 0 Å². The molecule has 0 aliphatic rings. The van der Waals surface area contributed by atoms with Crippen molar-refractivity contribution in [2.24, 2.45) is 0 Å². The largest absolute Gasteiger partial charge is 0.338 e. The number of hydrogen-bond acceptors (Lipinski definition) is 3. The molecule has 0 radical (unpaired) electrons. The van der Waals surface area contributed by atoms with E-state index in [2.05, 4.69) is 15.6 Å². The van der Waals surface area contributed by atoms with Crippen molar-refractivity contribution < 1.29 is 9.59 Å². The summed E-state index contributed by atoms with van der Waals surface area (Å²) in [6.45, 7) is 6.04. The molecule has 3 rings (SSSR count). The number of nitrogens with zero attached hydrogens (tertiary/aromatic N) is 3. The molecule has 0 aliphatic carbocycles. The molecule has 0 saturated carbocycles. The van der Waals surface area contributed by atoms with E-state index in [-0.39, 0.29) is 24.5 Å². The second-order valence-electron chi connectivity index (χ2n) is 7.13. The van der Waals surface area contributed by atoms with Crippen LogP contribution in [0.25, 0.3) is 16.9 Å². The molecule has 156 valence electrons. The van der Waals surface area contributed by atoms with Gasteiger partial charge in [0.15, 0.2) is 0 Å². The molecule has 0 aliphatic heterocycles. The predicted molar refractivity (Wildman–Crippen MR) is 119 cm³/mol. The molecule has 7 heteroatoms. The summed E-state index contributed by atoms with van der Waals surface area (Å²) >= 11 is 0. The van der Waals surface area contributed by atoms with Gasteiger partial charge >= 0.3 is 6.03 Å². The molecule has 0 atom stereocenters. The number of urea groups is 1. The minimum atomic E-state index is -0.308. The number of carbonyl (C=O) groups excluding carboxylic acids is 2. The van der Waals surface area contributed by atoms with Gasteiger partial charge in [-0.15, -0.1) is 0 Å². The first-order valence-electron chi connectivity index (χ1n) is 10.0. The highest BCUT2D eigenvalue weighted by atomic mass is 16.2. The number of rotatable bonds is 7. The summed E-state index contributed by atoms with van der Waals surface area (Å²) < 4.78 is 1.84. The molecule has 30 heavy (non-hydrogen) atoms. The Hall–Kier alpha value is -3.61. The van der Waals surface area contributed by atoms with E-state index in [1.54, 1.807) is 0 Å². The SMILES string of the molecule is CCNC(=O)N(CC(=O)Nc1nc(-c2ccccc2)cn1-c1ccccc1)C(C)C. The van der Waals surface area contributed by atoms with Crippen LogP contribution in [-0.4, -0.2) is 45.5 Å². The number of para-hydroxylation sites is 1. The Labute approximate surface area is 176 Å². The molecule has 3 amide bonds. The van der Waals surface area contributed by atoms with Crippen molar-refractivity contribution in [3.63, 3.8) is 0 Å². The third kappa shape index (κ3) is 5.05. The number of carbonyl (C=O) groups is 2. The first-order valence-corrected chi connectivity index (χ1v) is 10.0. The van der Waals surface area contributed by atoms with Gasteiger partial charge in [-0.05, 0) is 32.9 Å². The van der Waals surface area contributed by atoms with Crippen molar-refractivity contribution >= 4 is 17.9 Å². The van der Waals surface area contributed by atoms with Gasteiger partial charge in [-0.25, -0.2) is 9.78 Å². The van der Waals surface area contributed by atoms with Crippen molar-refractivity contribution in [1.82, 2.24) is 19.8 Å². The van der Waals surface area contributed by atoms with Gasteiger partial charge in [0, 0.05) is 30.0 Å². The highest BCUT2D eigenvalue weighted by Crippen LogP contribution is 2.24. The normalized spacial score (nSPS) is 10.7. The van der Waals surface area contributed by atoms with Gasteiger partial charge in [-0.1, -0.05) is 48.5 Å². The second kappa shape index (κ2) is 9.73. The Morgan fingerprint density at radius 3 is 2.27 bits per heavy atom. The van der Waals surface area contributed by atoms with Crippen LogP contribution in [0.15, 0.2) is 66.9 Å². The Bertz CT molecular complexity index is 983. The van der Waals surface area contributed by atoms with E-state index >= 15 is 0 Å². The monoisotopic (exact) mass is 405 g/mol. The quantitative estimate of drug-likeness (QED) is 0.625.